The standard InChI is InChI=1S/C36H67N3O12/c1-30(40)28-50-26-24-49-23-21-38-34(43)29-51-27-25-48-22-20-37-32(41)19-18-31(36(46)47)39-33(42)16-14-12-10-8-6-4-2-3-5-7-9-11-13-15-17-35(44)45/h31-32,37,41H,2-29H2,1H3,(H,38,43)(H,39,42)(H,44,45)(H,46,47)/t31-,32?/m0/s1. The first-order chi connectivity index (χ1) is 24.6. The fourth-order valence-corrected chi connectivity index (χ4v) is 5.07. The SMILES string of the molecule is CC(=O)COCCOCCNC(=O)COCCOCCNC(O)CC[C@H](NC(=O)CCCCCCCCCCCCCCCCC(=O)O)C(=O)O. The number of hydrogen-bond donors (Lipinski definition) is 6. The third kappa shape index (κ3) is 36.9. The van der Waals surface area contributed by atoms with Gasteiger partial charge in [0.25, 0.3) is 0 Å². The molecule has 0 aromatic rings. The summed E-state index contributed by atoms with van der Waals surface area (Å²) in [7, 11) is 0. The van der Waals surface area contributed by atoms with Crippen LogP contribution in [-0.2, 0) is 42.9 Å². The van der Waals surface area contributed by atoms with Crippen molar-refractivity contribution in [3.05, 3.63) is 0 Å². The van der Waals surface area contributed by atoms with Gasteiger partial charge in [0.1, 0.15) is 25.5 Å². The molecule has 0 saturated carbocycles. The van der Waals surface area contributed by atoms with E-state index in [2.05, 4.69) is 16.0 Å². The summed E-state index contributed by atoms with van der Waals surface area (Å²) in [6, 6.07) is -1.07. The van der Waals surface area contributed by atoms with E-state index >= 15 is 0 Å². The third-order valence-electron chi connectivity index (χ3n) is 7.88. The molecule has 1 unspecified atom stereocenters. The van der Waals surface area contributed by atoms with Crippen molar-refractivity contribution in [1.29, 1.82) is 0 Å². The minimum Gasteiger partial charge on any atom is -0.481 e. The second-order valence-electron chi connectivity index (χ2n) is 12.7. The number of carbonyl (C=O) groups excluding carboxylic acids is 3. The van der Waals surface area contributed by atoms with E-state index in [1.807, 2.05) is 0 Å². The smallest absolute Gasteiger partial charge is 0.326 e. The molecule has 0 radical (unpaired) electrons. The first-order valence-electron chi connectivity index (χ1n) is 18.8. The van der Waals surface area contributed by atoms with Crippen LogP contribution in [0.2, 0.25) is 0 Å². The van der Waals surface area contributed by atoms with Gasteiger partial charge in [0.05, 0.1) is 39.6 Å². The number of aliphatic carboxylic acids is 2. The van der Waals surface area contributed by atoms with Crippen LogP contribution in [0, 0.1) is 0 Å². The number of hydrogen-bond acceptors (Lipinski definition) is 11. The Balaban J connectivity index is 3.66. The highest BCUT2D eigenvalue weighted by Gasteiger charge is 2.21. The first-order valence-corrected chi connectivity index (χ1v) is 18.8. The van der Waals surface area contributed by atoms with Gasteiger partial charge in [-0.15, -0.1) is 0 Å². The predicted molar refractivity (Wildman–Crippen MR) is 191 cm³/mol. The van der Waals surface area contributed by atoms with Crippen molar-refractivity contribution >= 4 is 29.5 Å². The van der Waals surface area contributed by atoms with Crippen LogP contribution >= 0.6 is 0 Å². The Kier molecular flexibility index (Phi) is 33.8. The van der Waals surface area contributed by atoms with Crippen LogP contribution in [0.4, 0.5) is 0 Å². The van der Waals surface area contributed by atoms with Gasteiger partial charge >= 0.3 is 11.9 Å². The average Bonchev–Trinajstić information content (AvgIpc) is 3.08. The molecule has 0 spiro atoms. The molecule has 6 N–H and O–H groups in total. The quantitative estimate of drug-likeness (QED) is 0.0395. The highest BCUT2D eigenvalue weighted by Crippen LogP contribution is 2.14. The summed E-state index contributed by atoms with van der Waals surface area (Å²) in [6.07, 6.45) is 15.1. The number of amides is 2. The lowest BCUT2D eigenvalue weighted by molar-refractivity contribution is -0.142. The minimum atomic E-state index is -1.13. The first kappa shape index (κ1) is 48.3. The molecule has 0 fully saturated rings. The lowest BCUT2D eigenvalue weighted by Crippen LogP contribution is -2.42. The van der Waals surface area contributed by atoms with Crippen LogP contribution in [0.5, 0.6) is 0 Å². The monoisotopic (exact) mass is 733 g/mol. The van der Waals surface area contributed by atoms with Gasteiger partial charge in [-0.2, -0.15) is 0 Å². The van der Waals surface area contributed by atoms with Crippen molar-refractivity contribution in [3.8, 4) is 0 Å². The molecule has 0 saturated heterocycles. The molecule has 0 heterocycles. The summed E-state index contributed by atoms with van der Waals surface area (Å²) >= 11 is 0. The fourth-order valence-electron chi connectivity index (χ4n) is 5.07. The Morgan fingerprint density at radius 1 is 0.549 bits per heavy atom. The Labute approximate surface area is 304 Å². The van der Waals surface area contributed by atoms with Crippen LogP contribution in [0.25, 0.3) is 0 Å². The maximum absolute atomic E-state index is 12.3. The summed E-state index contributed by atoms with van der Waals surface area (Å²) in [4.78, 5) is 56.9. The molecule has 0 rings (SSSR count). The predicted octanol–water partition coefficient (Wildman–Crippen LogP) is 3.34. The molecule has 0 aliphatic heterocycles. The van der Waals surface area contributed by atoms with Crippen LogP contribution in [-0.4, -0.2) is 123 Å². The summed E-state index contributed by atoms with van der Waals surface area (Å²) < 4.78 is 21.0. The van der Waals surface area contributed by atoms with Crippen molar-refractivity contribution in [2.24, 2.45) is 0 Å². The van der Waals surface area contributed by atoms with Gasteiger partial charge in [0.15, 0.2) is 5.78 Å². The second kappa shape index (κ2) is 35.7. The molecule has 2 atom stereocenters. The lowest BCUT2D eigenvalue weighted by Gasteiger charge is -2.18. The second-order valence-corrected chi connectivity index (χ2v) is 12.7. The zero-order valence-corrected chi connectivity index (χ0v) is 31.0. The van der Waals surface area contributed by atoms with Crippen molar-refractivity contribution < 1.29 is 58.2 Å². The van der Waals surface area contributed by atoms with Crippen LogP contribution in [0.3, 0.4) is 0 Å². The summed E-state index contributed by atoms with van der Waals surface area (Å²) in [5.74, 6) is -2.47. The highest BCUT2D eigenvalue weighted by molar-refractivity contribution is 5.83. The number of nitrogens with one attached hydrogen (secondary N) is 3. The van der Waals surface area contributed by atoms with Gasteiger partial charge in [-0.1, -0.05) is 77.0 Å². The molecule has 15 nitrogen and oxygen atoms in total. The van der Waals surface area contributed by atoms with Gasteiger partial charge in [-0.3, -0.25) is 24.5 Å². The minimum absolute atomic E-state index is 0.0514. The molecule has 15 heteroatoms. The van der Waals surface area contributed by atoms with E-state index in [-0.39, 0.29) is 76.3 Å². The number of rotatable bonds is 39. The highest BCUT2D eigenvalue weighted by atomic mass is 16.5. The van der Waals surface area contributed by atoms with Gasteiger partial charge < -0.3 is 44.9 Å². The molecule has 0 aromatic heterocycles. The summed E-state index contributed by atoms with van der Waals surface area (Å²) in [6.45, 7) is 3.73. The number of ether oxygens (including phenoxy) is 4. The Bertz CT molecular complexity index is 909. The van der Waals surface area contributed by atoms with Gasteiger partial charge in [0.2, 0.25) is 11.8 Å². The van der Waals surface area contributed by atoms with E-state index < -0.39 is 24.2 Å². The molecular formula is C36H67N3O12. The number of aliphatic hydroxyl groups excluding tert-OH is 1. The molecule has 0 aromatic carbocycles. The topological polar surface area (TPSA) is 219 Å². The number of carboxylic acids is 2. The third-order valence-corrected chi connectivity index (χ3v) is 7.88. The molecule has 0 bridgehead atoms. The number of Topliss-reactive ketones (excluding diaryl/α,β-unsaturated/α-hetero) is 1. The molecule has 2 amide bonds. The fraction of sp³-hybridized carbons (Fsp3) is 0.861. The molecular weight excluding hydrogens is 666 g/mol. The van der Waals surface area contributed by atoms with E-state index in [1.165, 1.54) is 51.9 Å². The number of carbonyl (C=O) groups is 5. The van der Waals surface area contributed by atoms with Gasteiger partial charge in [0, 0.05) is 25.9 Å². The Hall–Kier alpha value is -2.69. The van der Waals surface area contributed by atoms with Gasteiger partial charge in [-0.25, -0.2) is 4.79 Å². The largest absolute Gasteiger partial charge is 0.481 e. The molecule has 298 valence electrons. The number of aliphatic hydroxyl groups is 1. The number of carboxylic acid groups (broad SMARTS) is 2. The van der Waals surface area contributed by atoms with E-state index in [9.17, 15) is 34.2 Å². The van der Waals surface area contributed by atoms with Crippen molar-refractivity contribution in [2.45, 2.75) is 135 Å². The maximum Gasteiger partial charge on any atom is 0.326 e. The number of ketones is 1. The van der Waals surface area contributed by atoms with E-state index in [4.69, 9.17) is 24.1 Å². The van der Waals surface area contributed by atoms with Crippen molar-refractivity contribution in [2.75, 3.05) is 65.9 Å². The van der Waals surface area contributed by atoms with Gasteiger partial charge in [-0.05, 0) is 32.6 Å². The van der Waals surface area contributed by atoms with Crippen molar-refractivity contribution in [1.82, 2.24) is 16.0 Å². The Morgan fingerprint density at radius 2 is 1.02 bits per heavy atom. The molecule has 0 aliphatic rings. The van der Waals surface area contributed by atoms with Crippen LogP contribution < -0.4 is 16.0 Å². The van der Waals surface area contributed by atoms with E-state index in [0.717, 1.165) is 38.5 Å². The average molecular weight is 734 g/mol. The van der Waals surface area contributed by atoms with Crippen molar-refractivity contribution in [3.63, 3.8) is 0 Å². The zero-order valence-electron chi connectivity index (χ0n) is 31.0. The summed E-state index contributed by atoms with van der Waals surface area (Å²) in [5.41, 5.74) is 0. The normalized spacial score (nSPS) is 12.4. The van der Waals surface area contributed by atoms with Crippen LogP contribution in [0.15, 0.2) is 0 Å². The maximum atomic E-state index is 12.3. The summed E-state index contributed by atoms with van der Waals surface area (Å²) in [5, 5.41) is 36.4. The molecule has 0 aliphatic carbocycles. The Morgan fingerprint density at radius 3 is 1.53 bits per heavy atom. The number of unbranched alkanes of at least 4 members (excludes halogenated alkanes) is 13. The zero-order chi connectivity index (χ0) is 37.8. The van der Waals surface area contributed by atoms with Crippen LogP contribution in [0.1, 0.15) is 122 Å². The van der Waals surface area contributed by atoms with E-state index in [0.29, 0.717) is 39.3 Å². The molecule has 51 heavy (non-hydrogen) atoms. The lowest BCUT2D eigenvalue weighted by atomic mass is 10.0. The van der Waals surface area contributed by atoms with E-state index in [1.54, 1.807) is 0 Å².